The van der Waals surface area contributed by atoms with E-state index in [1.165, 1.54) is 4.90 Å². The Hall–Kier alpha value is -3.24. The first-order chi connectivity index (χ1) is 15.0. The summed E-state index contributed by atoms with van der Waals surface area (Å²) in [6, 6.07) is 21.8. The predicted molar refractivity (Wildman–Crippen MR) is 118 cm³/mol. The van der Waals surface area contributed by atoms with Crippen molar-refractivity contribution < 1.29 is 14.7 Å². The molecule has 1 saturated heterocycles. The van der Waals surface area contributed by atoms with Crippen LogP contribution >= 0.6 is 0 Å². The molecule has 4 aliphatic rings. The number of carbonyl (C=O) groups excluding carboxylic acids is 2. The molecule has 0 radical (unpaired) electrons. The molecule has 2 atom stereocenters. The number of aryl methyl sites for hydroxylation is 2. The summed E-state index contributed by atoms with van der Waals surface area (Å²) in [7, 11) is 0. The van der Waals surface area contributed by atoms with Crippen molar-refractivity contribution in [1.82, 2.24) is 0 Å². The lowest BCUT2D eigenvalue weighted by molar-refractivity contribution is -0.124. The topological polar surface area (TPSA) is 57.6 Å². The Kier molecular flexibility index (Phi) is 3.67. The Bertz CT molecular complexity index is 1230. The molecule has 1 heterocycles. The Balaban J connectivity index is 1.64. The van der Waals surface area contributed by atoms with E-state index in [9.17, 15) is 14.7 Å². The Morgan fingerprint density at radius 3 is 2.06 bits per heavy atom. The van der Waals surface area contributed by atoms with Gasteiger partial charge in [-0.1, -0.05) is 66.2 Å². The first-order valence-corrected chi connectivity index (χ1v) is 10.8. The summed E-state index contributed by atoms with van der Waals surface area (Å²) in [5.41, 5.74) is 5.80. The highest BCUT2D eigenvalue weighted by Gasteiger charge is 2.68. The average Bonchev–Trinajstić information content (AvgIpc) is 3.05. The fourth-order valence-corrected chi connectivity index (χ4v) is 6.49. The molecule has 154 valence electrons. The Labute approximate surface area is 181 Å². The van der Waals surface area contributed by atoms with Crippen LogP contribution in [0, 0.1) is 25.7 Å². The number of benzene rings is 3. The highest BCUT2D eigenvalue weighted by molar-refractivity contribution is 6.24. The number of nitrogens with zero attached hydrogens (tertiary/aromatic N) is 1. The smallest absolute Gasteiger partial charge is 0.239 e. The van der Waals surface area contributed by atoms with Crippen molar-refractivity contribution in [1.29, 1.82) is 0 Å². The molecular weight excluding hydrogens is 386 g/mol. The van der Waals surface area contributed by atoms with Crippen LogP contribution in [0.25, 0.3) is 0 Å². The van der Waals surface area contributed by atoms with Crippen molar-refractivity contribution in [2.45, 2.75) is 25.2 Å². The van der Waals surface area contributed by atoms with Crippen LogP contribution in [0.1, 0.15) is 39.3 Å². The van der Waals surface area contributed by atoms with Crippen LogP contribution in [0.3, 0.4) is 0 Å². The molecule has 3 aromatic rings. The van der Waals surface area contributed by atoms with Gasteiger partial charge >= 0.3 is 0 Å². The van der Waals surface area contributed by atoms with Crippen LogP contribution in [-0.2, 0) is 15.0 Å². The van der Waals surface area contributed by atoms with Crippen LogP contribution in [0.5, 0.6) is 0 Å². The lowest BCUT2D eigenvalue weighted by Crippen LogP contribution is -2.55. The minimum Gasteiger partial charge on any atom is -0.395 e. The molecular formula is C27H23NO3. The van der Waals surface area contributed by atoms with E-state index in [2.05, 4.69) is 0 Å². The third kappa shape index (κ3) is 2.08. The zero-order valence-electron chi connectivity index (χ0n) is 17.5. The third-order valence-electron chi connectivity index (χ3n) is 7.64. The van der Waals surface area contributed by atoms with E-state index in [1.807, 2.05) is 80.6 Å². The van der Waals surface area contributed by atoms with Crippen LogP contribution in [-0.4, -0.2) is 23.5 Å². The molecule has 4 heteroatoms. The summed E-state index contributed by atoms with van der Waals surface area (Å²) < 4.78 is 0. The van der Waals surface area contributed by atoms with Crippen molar-refractivity contribution in [2.24, 2.45) is 11.8 Å². The van der Waals surface area contributed by atoms with Gasteiger partial charge in [0.15, 0.2) is 0 Å². The summed E-state index contributed by atoms with van der Waals surface area (Å²) in [6.45, 7) is 3.72. The van der Waals surface area contributed by atoms with Gasteiger partial charge in [0.25, 0.3) is 0 Å². The second kappa shape index (κ2) is 6.14. The lowest BCUT2D eigenvalue weighted by Gasteiger charge is -2.53. The van der Waals surface area contributed by atoms with Crippen LogP contribution in [0.4, 0.5) is 5.69 Å². The van der Waals surface area contributed by atoms with Gasteiger partial charge < -0.3 is 5.11 Å². The van der Waals surface area contributed by atoms with Gasteiger partial charge in [-0.2, -0.15) is 0 Å². The van der Waals surface area contributed by atoms with Crippen molar-refractivity contribution in [3.05, 3.63) is 100 Å². The van der Waals surface area contributed by atoms with E-state index < -0.39 is 17.3 Å². The SMILES string of the molecule is Cc1ccc(N2C(=O)[C@H]3C4c5ccccc5C(CO)(c5ccccc54)[C@H]3C2=O)c(C)c1. The van der Waals surface area contributed by atoms with Gasteiger partial charge in [0, 0.05) is 5.92 Å². The summed E-state index contributed by atoms with van der Waals surface area (Å²) in [5.74, 6) is -1.66. The van der Waals surface area contributed by atoms with Gasteiger partial charge in [0.05, 0.1) is 29.5 Å². The van der Waals surface area contributed by atoms with Gasteiger partial charge in [-0.3, -0.25) is 9.59 Å². The molecule has 1 fully saturated rings. The van der Waals surface area contributed by atoms with Gasteiger partial charge in [0.1, 0.15) is 0 Å². The van der Waals surface area contributed by atoms with Crippen LogP contribution < -0.4 is 4.90 Å². The monoisotopic (exact) mass is 409 g/mol. The van der Waals surface area contributed by atoms with Crippen molar-refractivity contribution in [3.8, 4) is 0 Å². The largest absolute Gasteiger partial charge is 0.395 e. The van der Waals surface area contributed by atoms with Crippen molar-refractivity contribution in [3.63, 3.8) is 0 Å². The predicted octanol–water partition coefficient (Wildman–Crippen LogP) is 3.85. The Morgan fingerprint density at radius 1 is 0.871 bits per heavy atom. The molecule has 1 N–H and O–H groups in total. The maximum atomic E-state index is 14.0. The standard InChI is InChI=1S/C27H23NO3/c1-15-11-12-21(16(2)13-15)28-25(30)23-22-17-7-3-5-9-19(17)27(14-29,24(23)26(28)31)20-10-6-4-8-18(20)22/h3-13,22-24,29H,14H2,1-2H3/t22?,23-,24+,27?/m0/s1. The number of hydrogen-bond acceptors (Lipinski definition) is 3. The number of carbonyl (C=O) groups is 2. The number of rotatable bonds is 2. The fraction of sp³-hybridized carbons (Fsp3) is 0.259. The number of imide groups is 1. The average molecular weight is 409 g/mol. The molecule has 1 aliphatic heterocycles. The molecule has 0 aromatic heterocycles. The van der Waals surface area contributed by atoms with Crippen LogP contribution in [0.15, 0.2) is 66.7 Å². The molecule has 0 saturated carbocycles. The van der Waals surface area contributed by atoms with E-state index in [-0.39, 0.29) is 24.3 Å². The number of aliphatic hydroxyl groups is 1. The summed E-state index contributed by atoms with van der Waals surface area (Å²) in [6.07, 6.45) is 0. The molecule has 2 bridgehead atoms. The summed E-state index contributed by atoms with van der Waals surface area (Å²) >= 11 is 0. The summed E-state index contributed by atoms with van der Waals surface area (Å²) in [5, 5.41) is 10.9. The van der Waals surface area contributed by atoms with Crippen molar-refractivity contribution in [2.75, 3.05) is 11.5 Å². The molecule has 3 aromatic carbocycles. The lowest BCUT2D eigenvalue weighted by atomic mass is 9.47. The van der Waals surface area contributed by atoms with E-state index >= 15 is 0 Å². The number of amides is 2. The van der Waals surface area contributed by atoms with Crippen molar-refractivity contribution >= 4 is 17.5 Å². The quantitative estimate of drug-likeness (QED) is 0.654. The first-order valence-electron chi connectivity index (χ1n) is 10.8. The molecule has 4 nitrogen and oxygen atoms in total. The molecule has 0 unspecified atom stereocenters. The van der Waals surface area contributed by atoms with E-state index in [4.69, 9.17) is 0 Å². The van der Waals surface area contributed by atoms with Gasteiger partial charge in [-0.15, -0.1) is 0 Å². The zero-order chi connectivity index (χ0) is 21.5. The summed E-state index contributed by atoms with van der Waals surface area (Å²) in [4.78, 5) is 29.2. The van der Waals surface area contributed by atoms with E-state index in [0.29, 0.717) is 5.69 Å². The minimum absolute atomic E-state index is 0.159. The molecule has 7 rings (SSSR count). The number of aliphatic hydroxyl groups excluding tert-OH is 1. The fourth-order valence-electron chi connectivity index (χ4n) is 6.49. The second-order valence-corrected chi connectivity index (χ2v) is 9.09. The zero-order valence-corrected chi connectivity index (χ0v) is 17.5. The number of hydrogen-bond donors (Lipinski definition) is 1. The van der Waals surface area contributed by atoms with E-state index in [1.54, 1.807) is 0 Å². The number of anilines is 1. The maximum absolute atomic E-state index is 14.0. The van der Waals surface area contributed by atoms with Crippen LogP contribution in [0.2, 0.25) is 0 Å². The van der Waals surface area contributed by atoms with E-state index in [0.717, 1.165) is 33.4 Å². The van der Waals surface area contributed by atoms with Gasteiger partial charge in [-0.25, -0.2) is 4.90 Å². The molecule has 0 spiro atoms. The first kappa shape index (κ1) is 18.5. The van der Waals surface area contributed by atoms with Gasteiger partial charge in [0.2, 0.25) is 11.8 Å². The highest BCUT2D eigenvalue weighted by atomic mass is 16.3. The highest BCUT2D eigenvalue weighted by Crippen LogP contribution is 2.64. The normalized spacial score (nSPS) is 27.8. The minimum atomic E-state index is -0.910. The third-order valence-corrected chi connectivity index (χ3v) is 7.64. The second-order valence-electron chi connectivity index (χ2n) is 9.09. The maximum Gasteiger partial charge on any atom is 0.239 e. The Morgan fingerprint density at radius 2 is 1.48 bits per heavy atom. The molecule has 2 amide bonds. The molecule has 31 heavy (non-hydrogen) atoms. The van der Waals surface area contributed by atoms with Gasteiger partial charge in [-0.05, 0) is 47.7 Å². The molecule has 3 aliphatic carbocycles.